The lowest BCUT2D eigenvalue weighted by Crippen LogP contribution is -2.46. The summed E-state index contributed by atoms with van der Waals surface area (Å²) in [7, 11) is 1.46. The van der Waals surface area contributed by atoms with Crippen LogP contribution < -0.4 is 21.9 Å². The molecule has 2 heterocycles. The van der Waals surface area contributed by atoms with Crippen molar-refractivity contribution in [3.8, 4) is 0 Å². The van der Waals surface area contributed by atoms with Crippen LogP contribution >= 0.6 is 11.6 Å². The van der Waals surface area contributed by atoms with Gasteiger partial charge in [-0.2, -0.15) is 0 Å². The van der Waals surface area contributed by atoms with Gasteiger partial charge in [-0.15, -0.1) is 0 Å². The largest absolute Gasteiger partial charge is 0.329 e. The summed E-state index contributed by atoms with van der Waals surface area (Å²) >= 11 is 6.14. The van der Waals surface area contributed by atoms with Crippen molar-refractivity contribution in [1.82, 2.24) is 14.9 Å². The number of nitrogens with one attached hydrogen (secondary N) is 3. The lowest BCUT2D eigenvalue weighted by molar-refractivity contribution is 0.248. The molecule has 3 N–H and O–H groups in total. The molecule has 3 rings (SSSR count). The summed E-state index contributed by atoms with van der Waals surface area (Å²) < 4.78 is 1.18. The molecule has 0 saturated heterocycles. The number of halogens is 1. The van der Waals surface area contributed by atoms with Crippen LogP contribution in [0.1, 0.15) is 17.2 Å². The first-order valence-electron chi connectivity index (χ1n) is 6.14. The van der Waals surface area contributed by atoms with Crippen LogP contribution in [0.2, 0.25) is 5.02 Å². The number of amides is 2. The lowest BCUT2D eigenvalue weighted by atomic mass is 9.98. The second-order valence-electron chi connectivity index (χ2n) is 4.63. The monoisotopic (exact) mass is 306 g/mol. The highest BCUT2D eigenvalue weighted by atomic mass is 35.5. The summed E-state index contributed by atoms with van der Waals surface area (Å²) in [5.41, 5.74) is -0.339. The van der Waals surface area contributed by atoms with Gasteiger partial charge in [-0.05, 0) is 11.6 Å². The molecule has 1 atom stereocenters. The third-order valence-corrected chi connectivity index (χ3v) is 3.72. The quantitative estimate of drug-likeness (QED) is 0.732. The van der Waals surface area contributed by atoms with E-state index in [1.165, 1.54) is 11.6 Å². The Kier molecular flexibility index (Phi) is 3.06. The number of H-pyrrole nitrogens is 1. The molecule has 108 valence electrons. The molecule has 2 aromatic rings. The van der Waals surface area contributed by atoms with Gasteiger partial charge in [0.25, 0.3) is 5.56 Å². The van der Waals surface area contributed by atoms with Gasteiger partial charge < -0.3 is 5.32 Å². The third-order valence-electron chi connectivity index (χ3n) is 3.37. The molecule has 0 saturated carbocycles. The number of aromatic nitrogens is 2. The number of hydrogen-bond donors (Lipinski definition) is 3. The van der Waals surface area contributed by atoms with Crippen LogP contribution in [0.3, 0.4) is 0 Å². The minimum atomic E-state index is -0.724. The molecule has 1 aromatic carbocycles. The van der Waals surface area contributed by atoms with Crippen LogP contribution in [0.15, 0.2) is 33.9 Å². The molecule has 1 aliphatic rings. The number of anilines is 1. The second kappa shape index (κ2) is 4.78. The van der Waals surface area contributed by atoms with Gasteiger partial charge in [-0.1, -0.05) is 29.8 Å². The Morgan fingerprint density at radius 3 is 2.62 bits per heavy atom. The Bertz CT molecular complexity index is 855. The van der Waals surface area contributed by atoms with Crippen molar-refractivity contribution in [2.45, 2.75) is 6.04 Å². The molecule has 0 fully saturated rings. The van der Waals surface area contributed by atoms with Crippen LogP contribution in [0.25, 0.3) is 0 Å². The number of fused-ring (bicyclic) bond motifs is 1. The SMILES string of the molecule is Cn1c2c(c(=O)[nH]c1=O)[C@H](c1ccccc1Cl)NC(=O)N2. The molecule has 1 aliphatic heterocycles. The number of nitrogens with zero attached hydrogens (tertiary/aromatic N) is 1. The summed E-state index contributed by atoms with van der Waals surface area (Å²) in [6.07, 6.45) is 0. The van der Waals surface area contributed by atoms with Gasteiger partial charge in [-0.3, -0.25) is 19.7 Å². The van der Waals surface area contributed by atoms with E-state index in [-0.39, 0.29) is 11.4 Å². The predicted molar refractivity (Wildman–Crippen MR) is 77.8 cm³/mol. The van der Waals surface area contributed by atoms with Crippen molar-refractivity contribution in [1.29, 1.82) is 0 Å². The van der Waals surface area contributed by atoms with Crippen LogP contribution in [0, 0.1) is 0 Å². The maximum absolute atomic E-state index is 12.1. The van der Waals surface area contributed by atoms with Crippen molar-refractivity contribution in [2.24, 2.45) is 7.05 Å². The van der Waals surface area contributed by atoms with E-state index < -0.39 is 23.3 Å². The minimum absolute atomic E-state index is 0.164. The fourth-order valence-corrected chi connectivity index (χ4v) is 2.59. The molecule has 2 amide bonds. The summed E-state index contributed by atoms with van der Waals surface area (Å²) in [5.74, 6) is 0.164. The molecule has 21 heavy (non-hydrogen) atoms. The van der Waals surface area contributed by atoms with Gasteiger partial charge in [0.2, 0.25) is 0 Å². The van der Waals surface area contributed by atoms with Crippen LogP contribution in [0.4, 0.5) is 10.6 Å². The minimum Gasteiger partial charge on any atom is -0.327 e. The van der Waals surface area contributed by atoms with E-state index in [4.69, 9.17) is 11.6 Å². The van der Waals surface area contributed by atoms with E-state index in [9.17, 15) is 14.4 Å². The summed E-state index contributed by atoms with van der Waals surface area (Å²) in [5, 5.41) is 5.55. The normalized spacial score (nSPS) is 16.9. The van der Waals surface area contributed by atoms with E-state index in [2.05, 4.69) is 15.6 Å². The number of benzene rings is 1. The number of carbonyl (C=O) groups excluding carboxylic acids is 1. The van der Waals surface area contributed by atoms with Crippen molar-refractivity contribution in [3.63, 3.8) is 0 Å². The molecule has 0 bridgehead atoms. The fraction of sp³-hybridized carbons (Fsp3) is 0.154. The molecule has 0 unspecified atom stereocenters. The van der Waals surface area contributed by atoms with E-state index in [1.54, 1.807) is 24.3 Å². The standard InChI is InChI=1S/C13H11ClN4O3/c1-18-10-8(11(19)17-13(18)21)9(15-12(20)16-10)6-4-2-3-5-7(6)14/h2-5,9H,1H3,(H2,15,16,20)(H,17,19,21)/t9-/m0/s1. The smallest absolute Gasteiger partial charge is 0.327 e. The highest BCUT2D eigenvalue weighted by Gasteiger charge is 2.31. The fourth-order valence-electron chi connectivity index (χ4n) is 2.35. The molecule has 0 aliphatic carbocycles. The highest BCUT2D eigenvalue weighted by molar-refractivity contribution is 6.31. The zero-order valence-corrected chi connectivity index (χ0v) is 11.7. The number of hydrogen-bond acceptors (Lipinski definition) is 3. The average molecular weight is 307 g/mol. The van der Waals surface area contributed by atoms with E-state index in [0.29, 0.717) is 10.6 Å². The van der Waals surface area contributed by atoms with Gasteiger partial charge in [0, 0.05) is 12.1 Å². The first-order chi connectivity index (χ1) is 9.99. The Labute approximate surface area is 123 Å². The van der Waals surface area contributed by atoms with Crippen molar-refractivity contribution in [2.75, 3.05) is 5.32 Å². The van der Waals surface area contributed by atoms with Crippen LogP contribution in [-0.2, 0) is 7.05 Å². The number of aromatic amines is 1. The van der Waals surface area contributed by atoms with Gasteiger partial charge in [0.15, 0.2) is 0 Å². The van der Waals surface area contributed by atoms with Gasteiger partial charge in [-0.25, -0.2) is 9.59 Å². The maximum atomic E-state index is 12.1. The van der Waals surface area contributed by atoms with Gasteiger partial charge in [0.05, 0.1) is 11.6 Å². The zero-order chi connectivity index (χ0) is 15.1. The van der Waals surface area contributed by atoms with Gasteiger partial charge >= 0.3 is 11.7 Å². The maximum Gasteiger partial charge on any atom is 0.329 e. The van der Waals surface area contributed by atoms with Crippen molar-refractivity contribution >= 4 is 23.4 Å². The number of urea groups is 1. The Morgan fingerprint density at radius 1 is 1.19 bits per heavy atom. The molecular formula is C13H11ClN4O3. The van der Waals surface area contributed by atoms with Crippen LogP contribution in [-0.4, -0.2) is 15.6 Å². The first-order valence-corrected chi connectivity index (χ1v) is 6.52. The molecule has 0 spiro atoms. The highest BCUT2D eigenvalue weighted by Crippen LogP contribution is 2.31. The van der Waals surface area contributed by atoms with Gasteiger partial charge in [0.1, 0.15) is 5.82 Å². The Balaban J connectivity index is 2.31. The number of rotatable bonds is 1. The van der Waals surface area contributed by atoms with E-state index >= 15 is 0 Å². The number of carbonyl (C=O) groups is 1. The summed E-state index contributed by atoms with van der Waals surface area (Å²) in [6, 6.07) is 5.66. The Morgan fingerprint density at radius 2 is 1.90 bits per heavy atom. The molecule has 7 nitrogen and oxygen atoms in total. The third kappa shape index (κ3) is 2.11. The lowest BCUT2D eigenvalue weighted by Gasteiger charge is -2.28. The topological polar surface area (TPSA) is 96.0 Å². The summed E-state index contributed by atoms with van der Waals surface area (Å²) in [4.78, 5) is 37.8. The van der Waals surface area contributed by atoms with E-state index in [0.717, 1.165) is 0 Å². The van der Waals surface area contributed by atoms with E-state index in [1.807, 2.05) is 0 Å². The molecular weight excluding hydrogens is 296 g/mol. The van der Waals surface area contributed by atoms with Crippen molar-refractivity contribution < 1.29 is 4.79 Å². The average Bonchev–Trinajstić information content (AvgIpc) is 2.44. The second-order valence-corrected chi connectivity index (χ2v) is 5.04. The summed E-state index contributed by atoms with van der Waals surface area (Å²) in [6.45, 7) is 0. The van der Waals surface area contributed by atoms with Crippen molar-refractivity contribution in [3.05, 3.63) is 61.3 Å². The molecule has 0 radical (unpaired) electrons. The molecule has 1 aromatic heterocycles. The zero-order valence-electron chi connectivity index (χ0n) is 10.9. The van der Waals surface area contributed by atoms with Crippen LogP contribution in [0.5, 0.6) is 0 Å². The Hall–Kier alpha value is -2.54. The predicted octanol–water partition coefficient (Wildman–Crippen LogP) is 0.951. The first kappa shape index (κ1) is 13.4. The molecule has 8 heteroatoms.